The molecule has 5 heteroatoms. The summed E-state index contributed by atoms with van der Waals surface area (Å²) in [6, 6.07) is -0.311. The zero-order chi connectivity index (χ0) is 9.84. The van der Waals surface area contributed by atoms with Crippen LogP contribution in [0.3, 0.4) is 0 Å². The van der Waals surface area contributed by atoms with Gasteiger partial charge in [-0.25, -0.2) is 9.79 Å². The maximum atomic E-state index is 10.9. The summed E-state index contributed by atoms with van der Waals surface area (Å²) in [4.78, 5) is 15.0. The van der Waals surface area contributed by atoms with Gasteiger partial charge in [-0.05, 0) is 13.0 Å². The molecule has 0 saturated carbocycles. The van der Waals surface area contributed by atoms with Gasteiger partial charge in [0.15, 0.2) is 0 Å². The lowest BCUT2D eigenvalue weighted by Gasteiger charge is -2.15. The molecule has 0 saturated heterocycles. The Bertz CT molecular complexity index is 303. The minimum Gasteiger partial charge on any atom is -0.341 e. The first-order valence-electron chi connectivity index (χ1n) is 3.83. The van der Waals surface area contributed by atoms with Crippen LogP contribution in [0.1, 0.15) is 6.92 Å². The molecular weight excluding hydrogens is 168 g/mol. The Morgan fingerprint density at radius 2 is 2.38 bits per heavy atom. The topological polar surface area (TPSA) is 65.5 Å². The first-order valence-corrected chi connectivity index (χ1v) is 3.83. The van der Waals surface area contributed by atoms with E-state index < -0.39 is 0 Å². The molecule has 2 amide bonds. The Balaban J connectivity index is 2.66. The molecule has 0 bridgehead atoms. The molecule has 0 aromatic heterocycles. The van der Waals surface area contributed by atoms with Crippen molar-refractivity contribution in [1.82, 2.24) is 16.0 Å². The zero-order valence-electron chi connectivity index (χ0n) is 7.64. The number of amides is 2. The summed E-state index contributed by atoms with van der Waals surface area (Å²) in [6.45, 7) is 5.54. The Hall–Kier alpha value is -1.78. The maximum Gasteiger partial charge on any atom is 0.321 e. The van der Waals surface area contributed by atoms with Gasteiger partial charge in [-0.15, -0.1) is 0 Å². The van der Waals surface area contributed by atoms with Crippen LogP contribution in [0.5, 0.6) is 0 Å². The van der Waals surface area contributed by atoms with E-state index in [1.807, 2.05) is 6.92 Å². The van der Waals surface area contributed by atoms with Gasteiger partial charge in [-0.1, -0.05) is 6.58 Å². The fourth-order valence-electron chi connectivity index (χ4n) is 0.906. The van der Waals surface area contributed by atoms with Crippen molar-refractivity contribution < 1.29 is 4.79 Å². The monoisotopic (exact) mass is 180 g/mol. The standard InChI is InChI=1S/C8H12N4O/c1-5-4-6(2)11-7(10-5)12-8(13)9-3/h4H,1H2,2-3H3,(H3,9,10,11,12,13). The van der Waals surface area contributed by atoms with Crippen molar-refractivity contribution in [3.8, 4) is 0 Å². The second-order valence-electron chi connectivity index (χ2n) is 2.60. The van der Waals surface area contributed by atoms with Crippen LogP contribution in [0.25, 0.3) is 0 Å². The number of hydrogen-bond acceptors (Lipinski definition) is 3. The minimum atomic E-state index is -0.311. The van der Waals surface area contributed by atoms with Crippen molar-refractivity contribution in [1.29, 1.82) is 0 Å². The molecule has 5 nitrogen and oxygen atoms in total. The van der Waals surface area contributed by atoms with Gasteiger partial charge in [0.05, 0.1) is 0 Å². The largest absolute Gasteiger partial charge is 0.341 e. The fraction of sp³-hybridized carbons (Fsp3) is 0.250. The lowest BCUT2D eigenvalue weighted by Crippen LogP contribution is -2.45. The highest BCUT2D eigenvalue weighted by Gasteiger charge is 2.08. The Kier molecular flexibility index (Phi) is 2.69. The van der Waals surface area contributed by atoms with Crippen molar-refractivity contribution in [3.63, 3.8) is 0 Å². The Morgan fingerprint density at radius 1 is 1.69 bits per heavy atom. The van der Waals surface area contributed by atoms with Crippen LogP contribution in [-0.2, 0) is 0 Å². The second kappa shape index (κ2) is 3.75. The van der Waals surface area contributed by atoms with Crippen molar-refractivity contribution in [2.45, 2.75) is 6.92 Å². The smallest absolute Gasteiger partial charge is 0.321 e. The van der Waals surface area contributed by atoms with Gasteiger partial charge in [0.25, 0.3) is 0 Å². The van der Waals surface area contributed by atoms with Gasteiger partial charge in [-0.3, -0.25) is 5.32 Å². The predicted octanol–water partition coefficient (Wildman–Crippen LogP) is 0.292. The van der Waals surface area contributed by atoms with Gasteiger partial charge >= 0.3 is 6.03 Å². The van der Waals surface area contributed by atoms with E-state index in [4.69, 9.17) is 0 Å². The van der Waals surface area contributed by atoms with Crippen molar-refractivity contribution in [3.05, 3.63) is 24.0 Å². The fourth-order valence-corrected chi connectivity index (χ4v) is 0.906. The van der Waals surface area contributed by atoms with Crippen LogP contribution >= 0.6 is 0 Å². The van der Waals surface area contributed by atoms with E-state index >= 15 is 0 Å². The molecule has 0 radical (unpaired) electrons. The number of carbonyl (C=O) groups excluding carboxylic acids is 1. The lowest BCUT2D eigenvalue weighted by atomic mass is 10.3. The van der Waals surface area contributed by atoms with Gasteiger partial charge in [0.1, 0.15) is 0 Å². The third-order valence-electron chi connectivity index (χ3n) is 1.41. The summed E-state index contributed by atoms with van der Waals surface area (Å²) in [7, 11) is 1.54. The Labute approximate surface area is 76.6 Å². The number of allylic oxidation sites excluding steroid dienone is 2. The van der Waals surface area contributed by atoms with Crippen molar-refractivity contribution in [2.75, 3.05) is 7.05 Å². The number of guanidine groups is 1. The number of aliphatic imine (C=N–C) groups is 1. The van der Waals surface area contributed by atoms with Crippen LogP contribution in [0.15, 0.2) is 29.0 Å². The molecule has 1 aliphatic heterocycles. The third kappa shape index (κ3) is 2.62. The van der Waals surface area contributed by atoms with Crippen molar-refractivity contribution >= 4 is 12.0 Å². The molecule has 0 aromatic rings. The summed E-state index contributed by atoms with van der Waals surface area (Å²) in [5.74, 6) is 0.393. The Morgan fingerprint density at radius 3 is 2.92 bits per heavy atom. The summed E-state index contributed by atoms with van der Waals surface area (Å²) < 4.78 is 0. The number of urea groups is 1. The normalized spacial score (nSPS) is 15.4. The van der Waals surface area contributed by atoms with Crippen LogP contribution in [0.4, 0.5) is 4.79 Å². The molecule has 0 atom stereocenters. The van der Waals surface area contributed by atoms with Gasteiger partial charge in [0, 0.05) is 18.4 Å². The van der Waals surface area contributed by atoms with E-state index in [2.05, 4.69) is 27.5 Å². The third-order valence-corrected chi connectivity index (χ3v) is 1.41. The number of rotatable bonds is 0. The molecule has 0 aromatic carbocycles. The van der Waals surface area contributed by atoms with Crippen LogP contribution < -0.4 is 16.0 Å². The predicted molar refractivity (Wildman–Crippen MR) is 51.1 cm³/mol. The molecule has 0 unspecified atom stereocenters. The van der Waals surface area contributed by atoms with E-state index in [0.29, 0.717) is 11.7 Å². The quantitative estimate of drug-likeness (QED) is 0.501. The molecule has 1 aliphatic rings. The number of nitrogens with one attached hydrogen (secondary N) is 3. The van der Waals surface area contributed by atoms with Crippen LogP contribution in [0, 0.1) is 0 Å². The summed E-state index contributed by atoms with van der Waals surface area (Å²) in [5, 5.41) is 7.76. The van der Waals surface area contributed by atoms with Crippen LogP contribution in [0.2, 0.25) is 0 Å². The van der Waals surface area contributed by atoms with Gasteiger partial charge in [0.2, 0.25) is 5.96 Å². The van der Waals surface area contributed by atoms with E-state index in [0.717, 1.165) is 5.70 Å². The maximum absolute atomic E-state index is 10.9. The summed E-state index contributed by atoms with van der Waals surface area (Å²) in [5.41, 5.74) is 1.51. The van der Waals surface area contributed by atoms with E-state index in [9.17, 15) is 4.79 Å². The van der Waals surface area contributed by atoms with E-state index in [1.54, 1.807) is 6.08 Å². The summed E-state index contributed by atoms with van der Waals surface area (Å²) in [6.07, 6.45) is 1.79. The average Bonchev–Trinajstić information content (AvgIpc) is 2.02. The molecular formula is C8H12N4O. The lowest BCUT2D eigenvalue weighted by molar-refractivity contribution is 0.247. The molecule has 3 N–H and O–H groups in total. The van der Waals surface area contributed by atoms with Crippen LogP contribution in [-0.4, -0.2) is 19.0 Å². The first kappa shape index (κ1) is 9.31. The highest BCUT2D eigenvalue weighted by Crippen LogP contribution is 2.03. The highest BCUT2D eigenvalue weighted by atomic mass is 16.2. The SMILES string of the molecule is C=C1C=C(C)N=C(NC(=O)NC)N1. The number of hydrogen-bond donors (Lipinski definition) is 3. The van der Waals surface area contributed by atoms with Gasteiger partial charge < -0.3 is 10.6 Å². The molecule has 0 spiro atoms. The summed E-state index contributed by atoms with van der Waals surface area (Å²) >= 11 is 0. The number of carbonyl (C=O) groups is 1. The second-order valence-corrected chi connectivity index (χ2v) is 2.60. The van der Waals surface area contributed by atoms with E-state index in [-0.39, 0.29) is 6.03 Å². The molecule has 1 rings (SSSR count). The molecule has 13 heavy (non-hydrogen) atoms. The highest BCUT2D eigenvalue weighted by molar-refractivity contribution is 5.97. The van der Waals surface area contributed by atoms with Crippen molar-refractivity contribution in [2.24, 2.45) is 4.99 Å². The van der Waals surface area contributed by atoms with E-state index in [1.165, 1.54) is 7.05 Å². The molecule has 0 aliphatic carbocycles. The first-order chi connectivity index (χ1) is 6.11. The minimum absolute atomic E-state index is 0.311. The molecule has 1 heterocycles. The molecule has 0 fully saturated rings. The average molecular weight is 180 g/mol. The molecule has 70 valence electrons. The van der Waals surface area contributed by atoms with Gasteiger partial charge in [-0.2, -0.15) is 0 Å². The number of nitrogens with zero attached hydrogens (tertiary/aromatic N) is 1. The zero-order valence-corrected chi connectivity index (χ0v) is 7.64.